The van der Waals surface area contributed by atoms with Gasteiger partial charge in [-0.2, -0.15) is 0 Å². The monoisotopic (exact) mass is 365 g/mol. The summed E-state index contributed by atoms with van der Waals surface area (Å²) in [6.07, 6.45) is 0.590. The van der Waals surface area contributed by atoms with Crippen molar-refractivity contribution in [3.8, 4) is 0 Å². The second kappa shape index (κ2) is 6.99. The number of carbonyl (C=O) groups is 3. The van der Waals surface area contributed by atoms with Crippen molar-refractivity contribution in [3.05, 3.63) is 65.7 Å². The van der Waals surface area contributed by atoms with E-state index in [0.717, 1.165) is 16.7 Å². The number of imide groups is 1. The number of nitrogens with zero attached hydrogens (tertiary/aromatic N) is 1. The molecule has 3 rings (SSSR count). The first kappa shape index (κ1) is 18.8. The highest BCUT2D eigenvalue weighted by Crippen LogP contribution is 2.49. The van der Waals surface area contributed by atoms with E-state index in [1.165, 1.54) is 0 Å². The number of fused-ring (bicyclic) bond motifs is 1. The molecule has 0 bridgehead atoms. The number of carbonyl (C=O) groups excluding carboxylic acids is 3. The van der Waals surface area contributed by atoms with Crippen LogP contribution in [0.5, 0.6) is 0 Å². The van der Waals surface area contributed by atoms with Gasteiger partial charge in [0.25, 0.3) is 5.91 Å². The molecule has 0 aliphatic carbocycles. The van der Waals surface area contributed by atoms with Crippen LogP contribution >= 0.6 is 0 Å². The van der Waals surface area contributed by atoms with Crippen LogP contribution in [0.15, 0.2) is 54.6 Å². The Hall–Kier alpha value is -2.95. The second-order valence-corrected chi connectivity index (χ2v) is 7.61. The summed E-state index contributed by atoms with van der Waals surface area (Å²) >= 11 is 0. The average molecular weight is 365 g/mol. The zero-order valence-electron chi connectivity index (χ0n) is 15.8. The minimum atomic E-state index is -1.09. The molecule has 1 aliphatic heterocycles. The van der Waals surface area contributed by atoms with Gasteiger partial charge in [0.15, 0.2) is 0 Å². The fourth-order valence-corrected chi connectivity index (χ4v) is 3.60. The zero-order valence-corrected chi connectivity index (χ0v) is 15.8. The predicted molar refractivity (Wildman–Crippen MR) is 103 cm³/mol. The smallest absolute Gasteiger partial charge is 0.421 e. The normalized spacial score (nSPS) is 18.9. The molecule has 0 saturated carbocycles. The van der Waals surface area contributed by atoms with Crippen LogP contribution in [-0.2, 0) is 19.7 Å². The number of anilines is 1. The summed E-state index contributed by atoms with van der Waals surface area (Å²) in [4.78, 5) is 38.7. The molecule has 5 nitrogen and oxygen atoms in total. The van der Waals surface area contributed by atoms with Gasteiger partial charge in [-0.1, -0.05) is 48.5 Å². The van der Waals surface area contributed by atoms with Gasteiger partial charge < -0.3 is 9.53 Å². The standard InChI is InChI=1S/C22H23NO4/c1-21(2,3)27-20(26)23-18-13-8-7-12-17(18)22(19(23)25,14-9-15-24)16-10-5-4-6-11-16/h4-8,10-13,15H,9,14H2,1-3H3. The molecule has 0 spiro atoms. The van der Waals surface area contributed by atoms with Crippen molar-refractivity contribution in [1.82, 2.24) is 0 Å². The van der Waals surface area contributed by atoms with Gasteiger partial charge in [-0.15, -0.1) is 0 Å². The fourth-order valence-electron chi connectivity index (χ4n) is 3.60. The number of ether oxygens (including phenoxy) is 1. The van der Waals surface area contributed by atoms with Gasteiger partial charge in [0, 0.05) is 6.42 Å². The Labute approximate surface area is 158 Å². The van der Waals surface area contributed by atoms with Crippen molar-refractivity contribution in [2.24, 2.45) is 0 Å². The molecule has 2 aromatic carbocycles. The molecule has 0 fully saturated rings. The van der Waals surface area contributed by atoms with Crippen LogP contribution in [0, 0.1) is 0 Å². The molecule has 1 unspecified atom stereocenters. The average Bonchev–Trinajstić information content (AvgIpc) is 2.88. The molecule has 0 N–H and O–H groups in total. The summed E-state index contributed by atoms with van der Waals surface area (Å²) in [7, 11) is 0. The summed E-state index contributed by atoms with van der Waals surface area (Å²) in [5.41, 5.74) is 0.165. The van der Waals surface area contributed by atoms with Crippen LogP contribution in [0.3, 0.4) is 0 Å². The highest BCUT2D eigenvalue weighted by molar-refractivity contribution is 6.22. The van der Waals surface area contributed by atoms with Crippen molar-refractivity contribution in [2.45, 2.75) is 44.6 Å². The summed E-state index contributed by atoms with van der Waals surface area (Å²) < 4.78 is 5.48. The lowest BCUT2D eigenvalue weighted by atomic mass is 9.72. The first-order chi connectivity index (χ1) is 12.8. The van der Waals surface area contributed by atoms with Crippen molar-refractivity contribution in [2.75, 3.05) is 4.90 Å². The third-order valence-corrected chi connectivity index (χ3v) is 4.65. The Bertz CT molecular complexity index is 869. The maximum atomic E-state index is 13.6. The molecule has 0 saturated heterocycles. The van der Waals surface area contributed by atoms with Gasteiger partial charge in [0.2, 0.25) is 0 Å². The Balaban J connectivity index is 2.19. The van der Waals surface area contributed by atoms with Gasteiger partial charge in [-0.05, 0) is 44.4 Å². The molecule has 140 valence electrons. The molecule has 2 amide bonds. The van der Waals surface area contributed by atoms with Gasteiger partial charge >= 0.3 is 6.09 Å². The van der Waals surface area contributed by atoms with Crippen molar-refractivity contribution < 1.29 is 19.1 Å². The SMILES string of the molecule is CC(C)(C)OC(=O)N1C(=O)C(CCC=O)(c2ccccc2)c2ccccc21. The highest BCUT2D eigenvalue weighted by atomic mass is 16.6. The minimum Gasteiger partial charge on any atom is -0.443 e. The van der Waals surface area contributed by atoms with E-state index in [1.54, 1.807) is 32.9 Å². The molecule has 27 heavy (non-hydrogen) atoms. The Morgan fingerprint density at radius 1 is 1.07 bits per heavy atom. The third kappa shape index (κ3) is 3.25. The molecule has 0 radical (unpaired) electrons. The van der Waals surface area contributed by atoms with Gasteiger partial charge in [-0.25, -0.2) is 9.69 Å². The summed E-state index contributed by atoms with van der Waals surface area (Å²) in [6, 6.07) is 16.5. The number of rotatable bonds is 4. The van der Waals surface area contributed by atoms with E-state index in [4.69, 9.17) is 4.74 Å². The van der Waals surface area contributed by atoms with Crippen molar-refractivity contribution in [3.63, 3.8) is 0 Å². The highest BCUT2D eigenvalue weighted by Gasteiger charge is 2.54. The number of hydrogen-bond acceptors (Lipinski definition) is 4. The topological polar surface area (TPSA) is 63.7 Å². The first-order valence-electron chi connectivity index (χ1n) is 8.97. The Morgan fingerprint density at radius 3 is 2.33 bits per heavy atom. The van der Waals surface area contributed by atoms with Crippen LogP contribution in [-0.4, -0.2) is 23.9 Å². The fraction of sp³-hybridized carbons (Fsp3) is 0.318. The maximum absolute atomic E-state index is 13.6. The number of amides is 2. The number of benzene rings is 2. The quantitative estimate of drug-likeness (QED) is 0.761. The summed E-state index contributed by atoms with van der Waals surface area (Å²) in [5, 5.41) is 0. The van der Waals surface area contributed by atoms with Crippen molar-refractivity contribution >= 4 is 24.0 Å². The summed E-state index contributed by atoms with van der Waals surface area (Å²) in [5.74, 6) is -0.383. The number of hydrogen-bond donors (Lipinski definition) is 0. The van der Waals surface area contributed by atoms with E-state index in [9.17, 15) is 14.4 Å². The molecule has 1 atom stereocenters. The van der Waals surface area contributed by atoms with E-state index >= 15 is 0 Å². The number of para-hydroxylation sites is 1. The van der Waals surface area contributed by atoms with E-state index in [1.807, 2.05) is 42.5 Å². The lowest BCUT2D eigenvalue weighted by Gasteiger charge is -2.29. The van der Waals surface area contributed by atoms with Crippen LogP contribution < -0.4 is 4.90 Å². The zero-order chi connectivity index (χ0) is 19.7. The molecular weight excluding hydrogens is 342 g/mol. The third-order valence-electron chi connectivity index (χ3n) is 4.65. The van der Waals surface area contributed by atoms with E-state index in [0.29, 0.717) is 11.3 Å². The lowest BCUT2D eigenvalue weighted by molar-refractivity contribution is -0.122. The maximum Gasteiger partial charge on any atom is 0.421 e. The van der Waals surface area contributed by atoms with Gasteiger partial charge in [-0.3, -0.25) is 4.79 Å². The van der Waals surface area contributed by atoms with Gasteiger partial charge in [0.1, 0.15) is 17.3 Å². The molecule has 0 aromatic heterocycles. The molecule has 5 heteroatoms. The minimum absolute atomic E-state index is 0.205. The van der Waals surface area contributed by atoms with E-state index in [2.05, 4.69) is 0 Å². The Morgan fingerprint density at radius 2 is 1.70 bits per heavy atom. The van der Waals surface area contributed by atoms with Crippen LogP contribution in [0.25, 0.3) is 0 Å². The largest absolute Gasteiger partial charge is 0.443 e. The molecule has 2 aromatic rings. The second-order valence-electron chi connectivity index (χ2n) is 7.61. The van der Waals surface area contributed by atoms with Crippen LogP contribution in [0.1, 0.15) is 44.7 Å². The lowest BCUT2D eigenvalue weighted by Crippen LogP contribution is -2.46. The van der Waals surface area contributed by atoms with Crippen LogP contribution in [0.4, 0.5) is 10.5 Å². The first-order valence-corrected chi connectivity index (χ1v) is 8.97. The van der Waals surface area contributed by atoms with Crippen molar-refractivity contribution in [1.29, 1.82) is 0 Å². The predicted octanol–water partition coefficient (Wildman–Crippen LogP) is 4.23. The van der Waals surface area contributed by atoms with Gasteiger partial charge in [0.05, 0.1) is 5.69 Å². The van der Waals surface area contributed by atoms with Crippen LogP contribution in [0.2, 0.25) is 0 Å². The number of aldehydes is 1. The van der Waals surface area contributed by atoms with E-state index in [-0.39, 0.29) is 18.7 Å². The Kier molecular flexibility index (Phi) is 4.87. The summed E-state index contributed by atoms with van der Waals surface area (Å²) in [6.45, 7) is 5.27. The molecule has 1 aliphatic rings. The van der Waals surface area contributed by atoms with E-state index < -0.39 is 17.1 Å². The molecular formula is C22H23NO4. The molecule has 1 heterocycles.